The zero-order valence-corrected chi connectivity index (χ0v) is 9.70. The van der Waals surface area contributed by atoms with Crippen molar-refractivity contribution < 1.29 is 0 Å². The molecule has 1 aromatic rings. The molecule has 3 heteroatoms. The Morgan fingerprint density at radius 3 is 2.57 bits per heavy atom. The molecule has 0 bridgehead atoms. The monoisotopic (exact) mass is 201 g/mol. The molecule has 0 aromatic heterocycles. The van der Waals surface area contributed by atoms with Crippen LogP contribution in [0.5, 0.6) is 0 Å². The molecule has 0 amide bonds. The maximum absolute atomic E-state index is 8.58. The highest BCUT2D eigenvalue weighted by molar-refractivity contribution is 6.83. The second kappa shape index (κ2) is 4.08. The fourth-order valence-corrected chi connectivity index (χ4v) is 1.42. The Morgan fingerprint density at radius 1 is 1.29 bits per heavy atom. The average Bonchev–Trinajstić information content (AvgIpc) is 2.14. The van der Waals surface area contributed by atoms with E-state index in [0.717, 1.165) is 5.56 Å². The average molecular weight is 201 g/mol. The number of hydrogen-bond donors (Lipinski definition) is 0. The zero-order chi connectivity index (χ0) is 10.6. The summed E-state index contributed by atoms with van der Waals surface area (Å²) in [6.45, 7) is 6.58. The molecule has 1 aromatic carbocycles. The van der Waals surface area contributed by atoms with Crippen LogP contribution in [0.3, 0.4) is 0 Å². The minimum absolute atomic E-state index is 0.548. The molecule has 0 aliphatic rings. The first-order valence-corrected chi connectivity index (χ1v) is 7.99. The number of hydrogen-bond acceptors (Lipinski definition) is 1. The van der Waals surface area contributed by atoms with E-state index in [1.165, 1.54) is 0 Å². The van der Waals surface area contributed by atoms with Gasteiger partial charge < -0.3 is 0 Å². The van der Waals surface area contributed by atoms with Crippen LogP contribution in [-0.4, -0.2) is 8.07 Å². The number of diazo groups is 1. The highest BCUT2D eigenvalue weighted by Crippen LogP contribution is 2.12. The zero-order valence-electron chi connectivity index (χ0n) is 8.70. The van der Waals surface area contributed by atoms with Crippen LogP contribution in [0, 0.1) is 16.9 Å². The fraction of sp³-hybridized carbons (Fsp3) is 0.273. The standard InChI is InChI=1S/C11H13N2Si/c1-14(2,3)8-7-10-5-4-6-11(9-10)13-12/h4-6,9H,1-3H3/q+1. The Labute approximate surface area is 85.6 Å². The van der Waals surface area contributed by atoms with Gasteiger partial charge in [0.05, 0.1) is 0 Å². The maximum atomic E-state index is 8.58. The Balaban J connectivity index is 2.98. The SMILES string of the molecule is C[Si](C)(C)C#Cc1cccc([N+]#N)c1. The van der Waals surface area contributed by atoms with Gasteiger partial charge in [0.2, 0.25) is 5.39 Å². The van der Waals surface area contributed by atoms with Gasteiger partial charge in [0.15, 0.2) is 4.98 Å². The van der Waals surface area contributed by atoms with Crippen molar-refractivity contribution >= 4 is 13.8 Å². The van der Waals surface area contributed by atoms with Crippen LogP contribution in [0.2, 0.25) is 19.6 Å². The van der Waals surface area contributed by atoms with Crippen LogP contribution in [0.1, 0.15) is 5.56 Å². The third-order valence-electron chi connectivity index (χ3n) is 1.54. The maximum Gasteiger partial charge on any atom is 0.386 e. The predicted molar refractivity (Wildman–Crippen MR) is 61.4 cm³/mol. The third kappa shape index (κ3) is 3.43. The van der Waals surface area contributed by atoms with Gasteiger partial charge in [-0.2, -0.15) is 0 Å². The van der Waals surface area contributed by atoms with Gasteiger partial charge >= 0.3 is 5.69 Å². The third-order valence-corrected chi connectivity index (χ3v) is 2.42. The summed E-state index contributed by atoms with van der Waals surface area (Å²) in [4.78, 5) is 3.12. The fourth-order valence-electron chi connectivity index (χ4n) is 0.906. The second-order valence-corrected chi connectivity index (χ2v) is 8.90. The van der Waals surface area contributed by atoms with E-state index in [-0.39, 0.29) is 0 Å². The summed E-state index contributed by atoms with van der Waals surface area (Å²) in [7, 11) is -1.32. The molecule has 0 radical (unpaired) electrons. The van der Waals surface area contributed by atoms with E-state index in [1.54, 1.807) is 12.1 Å². The largest absolute Gasteiger partial charge is 0.386 e. The molecule has 0 atom stereocenters. The van der Waals surface area contributed by atoms with Crippen molar-refractivity contribution in [2.75, 3.05) is 0 Å². The molecule has 0 heterocycles. The Morgan fingerprint density at radius 2 is 2.00 bits per heavy atom. The lowest BCUT2D eigenvalue weighted by molar-refractivity contribution is 1.46. The molecule has 0 saturated carbocycles. The molecule has 0 aliphatic heterocycles. The first-order chi connectivity index (χ1) is 6.51. The molecular weight excluding hydrogens is 188 g/mol. The molecule has 0 saturated heterocycles. The van der Waals surface area contributed by atoms with Gasteiger partial charge in [-0.15, -0.1) is 5.54 Å². The van der Waals surface area contributed by atoms with Crippen LogP contribution in [0.15, 0.2) is 24.3 Å². The van der Waals surface area contributed by atoms with Gasteiger partial charge in [-0.3, -0.25) is 0 Å². The lowest BCUT2D eigenvalue weighted by Gasteiger charge is -2.02. The highest BCUT2D eigenvalue weighted by Gasteiger charge is 2.08. The first-order valence-electron chi connectivity index (χ1n) is 4.49. The van der Waals surface area contributed by atoms with Gasteiger partial charge in [0.25, 0.3) is 0 Å². The van der Waals surface area contributed by atoms with Crippen molar-refractivity contribution in [2.45, 2.75) is 19.6 Å². The van der Waals surface area contributed by atoms with E-state index in [2.05, 4.69) is 36.1 Å². The van der Waals surface area contributed by atoms with Crippen LogP contribution in [0.4, 0.5) is 5.69 Å². The van der Waals surface area contributed by atoms with E-state index >= 15 is 0 Å². The number of benzene rings is 1. The Kier molecular flexibility index (Phi) is 3.06. The van der Waals surface area contributed by atoms with E-state index < -0.39 is 8.07 Å². The van der Waals surface area contributed by atoms with Crippen molar-refractivity contribution in [1.82, 2.24) is 0 Å². The smallest absolute Gasteiger partial charge is 0.127 e. The van der Waals surface area contributed by atoms with Crippen molar-refractivity contribution in [3.63, 3.8) is 0 Å². The van der Waals surface area contributed by atoms with Crippen LogP contribution in [-0.2, 0) is 0 Å². The van der Waals surface area contributed by atoms with E-state index in [9.17, 15) is 0 Å². The van der Waals surface area contributed by atoms with Gasteiger partial charge in [-0.05, 0) is 6.07 Å². The summed E-state index contributed by atoms with van der Waals surface area (Å²) in [6.07, 6.45) is 0. The molecular formula is C11H13N2Si+. The minimum atomic E-state index is -1.32. The first kappa shape index (κ1) is 10.5. The quantitative estimate of drug-likeness (QED) is 0.359. The van der Waals surface area contributed by atoms with E-state index in [1.807, 2.05) is 12.1 Å². The summed E-state index contributed by atoms with van der Waals surface area (Å²) in [6, 6.07) is 7.26. The molecule has 2 nitrogen and oxygen atoms in total. The molecule has 0 aliphatic carbocycles. The van der Waals surface area contributed by atoms with E-state index in [0.29, 0.717) is 5.69 Å². The predicted octanol–water partition coefficient (Wildman–Crippen LogP) is 3.40. The molecule has 0 spiro atoms. The van der Waals surface area contributed by atoms with Crippen LogP contribution in [0.25, 0.3) is 4.98 Å². The molecule has 0 N–H and O–H groups in total. The molecule has 70 valence electrons. The van der Waals surface area contributed by atoms with Gasteiger partial charge in [-0.1, -0.05) is 31.6 Å². The second-order valence-electron chi connectivity index (χ2n) is 4.15. The van der Waals surface area contributed by atoms with Gasteiger partial charge in [0.1, 0.15) is 8.07 Å². The summed E-state index contributed by atoms with van der Waals surface area (Å²) in [5, 5.41) is 8.58. The molecule has 14 heavy (non-hydrogen) atoms. The molecule has 0 unspecified atom stereocenters. The topological polar surface area (TPSA) is 28.1 Å². The Bertz CT molecular complexity index is 427. The van der Waals surface area contributed by atoms with Gasteiger partial charge in [-0.25, -0.2) is 0 Å². The lowest BCUT2D eigenvalue weighted by atomic mass is 10.2. The number of nitrogens with zero attached hydrogens (tertiary/aromatic N) is 2. The summed E-state index contributed by atoms with van der Waals surface area (Å²) >= 11 is 0. The van der Waals surface area contributed by atoms with Crippen LogP contribution < -0.4 is 0 Å². The van der Waals surface area contributed by atoms with Crippen molar-refractivity contribution in [3.05, 3.63) is 34.8 Å². The summed E-state index contributed by atoms with van der Waals surface area (Å²) < 4.78 is 0. The van der Waals surface area contributed by atoms with Crippen molar-refractivity contribution in [2.24, 2.45) is 0 Å². The minimum Gasteiger partial charge on any atom is -0.127 e. The van der Waals surface area contributed by atoms with Crippen molar-refractivity contribution in [1.29, 1.82) is 5.39 Å². The summed E-state index contributed by atoms with van der Waals surface area (Å²) in [5.41, 5.74) is 4.71. The Hall–Kier alpha value is -1.58. The van der Waals surface area contributed by atoms with E-state index in [4.69, 9.17) is 5.39 Å². The lowest BCUT2D eigenvalue weighted by Crippen LogP contribution is -2.16. The normalized spacial score (nSPS) is 9.86. The summed E-state index contributed by atoms with van der Waals surface area (Å²) in [5.74, 6) is 3.10. The van der Waals surface area contributed by atoms with Gasteiger partial charge in [0, 0.05) is 17.7 Å². The highest BCUT2D eigenvalue weighted by atomic mass is 28.3. The van der Waals surface area contributed by atoms with Crippen molar-refractivity contribution in [3.8, 4) is 11.5 Å². The number of rotatable bonds is 0. The molecule has 1 rings (SSSR count). The van der Waals surface area contributed by atoms with Crippen LogP contribution >= 0.6 is 0 Å². The molecule has 0 fully saturated rings.